The van der Waals surface area contributed by atoms with Crippen LogP contribution >= 0.6 is 0 Å². The maximum atomic E-state index is 12.7. The van der Waals surface area contributed by atoms with E-state index >= 15 is 0 Å². The van der Waals surface area contributed by atoms with Gasteiger partial charge in [-0.15, -0.1) is 0 Å². The van der Waals surface area contributed by atoms with Gasteiger partial charge in [0.2, 0.25) is 0 Å². The highest BCUT2D eigenvalue weighted by atomic mass is 19.3. The van der Waals surface area contributed by atoms with Crippen molar-refractivity contribution in [2.45, 2.75) is 12.7 Å². The molecule has 3 rings (SSSR count). The number of amides is 1. The van der Waals surface area contributed by atoms with E-state index in [4.69, 9.17) is 4.74 Å². The van der Waals surface area contributed by atoms with Crippen LogP contribution in [0.3, 0.4) is 0 Å². The zero-order chi connectivity index (χ0) is 20.8. The first-order valence-electron chi connectivity index (χ1n) is 9.13. The molecule has 1 aliphatic heterocycles. The lowest BCUT2D eigenvalue weighted by Crippen LogP contribution is -2.49. The van der Waals surface area contributed by atoms with Gasteiger partial charge in [0, 0.05) is 31.7 Å². The number of nitrogens with zero attached hydrogens (tertiary/aromatic N) is 3. The molecule has 0 N–H and O–H groups in total. The van der Waals surface area contributed by atoms with Crippen LogP contribution in [0.25, 0.3) is 0 Å². The van der Waals surface area contributed by atoms with Gasteiger partial charge in [-0.3, -0.25) is 9.69 Å². The Kier molecular flexibility index (Phi) is 6.62. The molecular formula is C21H21F2N3O3. The zero-order valence-electron chi connectivity index (χ0n) is 15.9. The molecule has 1 amide bonds. The lowest BCUT2D eigenvalue weighted by atomic mass is 10.1. The van der Waals surface area contributed by atoms with Crippen LogP contribution in [-0.2, 0) is 0 Å². The quantitative estimate of drug-likeness (QED) is 0.743. The van der Waals surface area contributed by atoms with E-state index in [-0.39, 0.29) is 11.7 Å². The van der Waals surface area contributed by atoms with E-state index in [2.05, 4.69) is 10.8 Å². The molecular weight excluding hydrogens is 380 g/mol. The Morgan fingerprint density at radius 2 is 1.76 bits per heavy atom. The van der Waals surface area contributed by atoms with Crippen molar-refractivity contribution in [2.24, 2.45) is 0 Å². The molecule has 6 nitrogen and oxygen atoms in total. The number of ether oxygens (including phenoxy) is 2. The minimum atomic E-state index is -2.94. The predicted octanol–water partition coefficient (Wildman–Crippen LogP) is 3.32. The van der Waals surface area contributed by atoms with Gasteiger partial charge in [0.25, 0.3) is 5.91 Å². The highest BCUT2D eigenvalue weighted by molar-refractivity contribution is 5.94. The fourth-order valence-electron chi connectivity index (χ4n) is 3.32. The summed E-state index contributed by atoms with van der Waals surface area (Å²) in [5.74, 6) is 0.426. The molecule has 1 aliphatic rings. The normalized spacial score (nSPS) is 15.6. The van der Waals surface area contributed by atoms with Gasteiger partial charge in [-0.05, 0) is 35.9 Å². The number of hydrogen-bond acceptors (Lipinski definition) is 5. The summed E-state index contributed by atoms with van der Waals surface area (Å²) in [6.45, 7) is -1.00. The van der Waals surface area contributed by atoms with Crippen LogP contribution in [-0.4, -0.2) is 55.6 Å². The third-order valence-corrected chi connectivity index (χ3v) is 4.83. The van der Waals surface area contributed by atoms with Crippen LogP contribution in [0.5, 0.6) is 11.5 Å². The van der Waals surface area contributed by atoms with Crippen molar-refractivity contribution in [2.75, 3.05) is 33.3 Å². The van der Waals surface area contributed by atoms with Crippen molar-refractivity contribution in [3.05, 3.63) is 59.7 Å². The minimum Gasteiger partial charge on any atom is -0.497 e. The first kappa shape index (κ1) is 20.6. The fourth-order valence-corrected chi connectivity index (χ4v) is 3.32. The van der Waals surface area contributed by atoms with Crippen LogP contribution in [0.15, 0.2) is 48.5 Å². The molecule has 0 aliphatic carbocycles. The summed E-state index contributed by atoms with van der Waals surface area (Å²) in [7, 11) is 1.59. The third-order valence-electron chi connectivity index (χ3n) is 4.83. The van der Waals surface area contributed by atoms with E-state index in [9.17, 15) is 18.8 Å². The van der Waals surface area contributed by atoms with Gasteiger partial charge in [-0.2, -0.15) is 14.0 Å². The van der Waals surface area contributed by atoms with Gasteiger partial charge in [-0.25, -0.2) is 0 Å². The molecule has 0 spiro atoms. The van der Waals surface area contributed by atoms with Crippen LogP contribution in [0.1, 0.15) is 22.0 Å². The van der Waals surface area contributed by atoms with Crippen LogP contribution in [0.4, 0.5) is 8.78 Å². The summed E-state index contributed by atoms with van der Waals surface area (Å²) in [5, 5.41) is 9.64. The Balaban J connectivity index is 1.63. The molecule has 0 aromatic heterocycles. The Hall–Kier alpha value is -3.18. The molecule has 1 fully saturated rings. The first-order valence-corrected chi connectivity index (χ1v) is 9.13. The van der Waals surface area contributed by atoms with Crippen molar-refractivity contribution in [1.29, 1.82) is 5.26 Å². The molecule has 0 bridgehead atoms. The van der Waals surface area contributed by atoms with Gasteiger partial charge >= 0.3 is 6.61 Å². The maximum Gasteiger partial charge on any atom is 0.387 e. The van der Waals surface area contributed by atoms with Gasteiger partial charge in [-0.1, -0.05) is 18.2 Å². The van der Waals surface area contributed by atoms with Gasteiger partial charge in [0.15, 0.2) is 0 Å². The number of halogens is 2. The van der Waals surface area contributed by atoms with E-state index in [1.807, 2.05) is 29.2 Å². The summed E-state index contributed by atoms with van der Waals surface area (Å²) in [6.07, 6.45) is 0. The smallest absolute Gasteiger partial charge is 0.387 e. The number of carbonyl (C=O) groups is 1. The van der Waals surface area contributed by atoms with Crippen LogP contribution in [0, 0.1) is 11.3 Å². The second-order valence-corrected chi connectivity index (χ2v) is 6.54. The van der Waals surface area contributed by atoms with Crippen molar-refractivity contribution in [3.8, 4) is 17.6 Å². The van der Waals surface area contributed by atoms with Crippen molar-refractivity contribution < 1.29 is 23.0 Å². The Bertz CT molecular complexity index is 875. The van der Waals surface area contributed by atoms with Gasteiger partial charge < -0.3 is 14.4 Å². The molecule has 1 unspecified atom stereocenters. The molecule has 0 radical (unpaired) electrons. The number of benzene rings is 2. The molecule has 2 aromatic carbocycles. The molecule has 152 valence electrons. The Morgan fingerprint density at radius 3 is 2.34 bits per heavy atom. The average Bonchev–Trinajstić information content (AvgIpc) is 2.74. The van der Waals surface area contributed by atoms with Crippen molar-refractivity contribution in [1.82, 2.24) is 9.80 Å². The summed E-state index contributed by atoms with van der Waals surface area (Å²) in [4.78, 5) is 16.4. The van der Waals surface area contributed by atoms with Crippen LogP contribution < -0.4 is 9.47 Å². The molecule has 1 heterocycles. The molecule has 0 saturated carbocycles. The van der Waals surface area contributed by atoms with E-state index < -0.39 is 12.7 Å². The fraction of sp³-hybridized carbons (Fsp3) is 0.333. The summed E-state index contributed by atoms with van der Waals surface area (Å²) >= 11 is 0. The van der Waals surface area contributed by atoms with Gasteiger partial charge in [0.1, 0.15) is 17.5 Å². The van der Waals surface area contributed by atoms with Gasteiger partial charge in [0.05, 0.1) is 13.2 Å². The summed E-state index contributed by atoms with van der Waals surface area (Å²) < 4.78 is 34.3. The first-order chi connectivity index (χ1) is 14.0. The largest absolute Gasteiger partial charge is 0.497 e. The number of methoxy groups -OCH3 is 1. The lowest BCUT2D eigenvalue weighted by molar-refractivity contribution is -0.0499. The molecule has 8 heteroatoms. The van der Waals surface area contributed by atoms with E-state index in [1.165, 1.54) is 18.2 Å². The molecule has 1 saturated heterocycles. The second kappa shape index (κ2) is 9.34. The average molecular weight is 401 g/mol. The molecule has 2 aromatic rings. The van der Waals surface area contributed by atoms with E-state index in [0.717, 1.165) is 11.3 Å². The van der Waals surface area contributed by atoms with Crippen molar-refractivity contribution in [3.63, 3.8) is 0 Å². The number of carbonyl (C=O) groups excluding carboxylic acids is 1. The van der Waals surface area contributed by atoms with Crippen molar-refractivity contribution >= 4 is 5.91 Å². The SMILES string of the molecule is COc1ccc(C(C#N)N2CCN(C(=O)c3cccc(OC(F)F)c3)CC2)cc1. The standard InChI is InChI=1S/C21H21F2N3O3/c1-28-17-7-5-15(6-8-17)19(14-24)25-9-11-26(12-10-25)20(27)16-3-2-4-18(13-16)29-21(22)23/h2-8,13,19,21H,9-12H2,1H3. The number of alkyl halides is 2. The Labute approximate surface area is 167 Å². The molecule has 29 heavy (non-hydrogen) atoms. The zero-order valence-corrected chi connectivity index (χ0v) is 15.9. The predicted molar refractivity (Wildman–Crippen MR) is 102 cm³/mol. The third kappa shape index (κ3) is 5.00. The molecule has 1 atom stereocenters. The summed E-state index contributed by atoms with van der Waals surface area (Å²) in [5.41, 5.74) is 1.16. The Morgan fingerprint density at radius 1 is 1.07 bits per heavy atom. The minimum absolute atomic E-state index is 0.0477. The van der Waals surface area contributed by atoms with E-state index in [0.29, 0.717) is 31.7 Å². The van der Waals surface area contributed by atoms with E-state index in [1.54, 1.807) is 18.1 Å². The maximum absolute atomic E-state index is 12.7. The summed E-state index contributed by atoms with van der Waals surface area (Å²) in [6, 6.07) is 15.0. The highest BCUT2D eigenvalue weighted by Gasteiger charge is 2.27. The second-order valence-electron chi connectivity index (χ2n) is 6.54. The number of rotatable bonds is 6. The van der Waals surface area contributed by atoms with Crippen LogP contribution in [0.2, 0.25) is 0 Å². The highest BCUT2D eigenvalue weighted by Crippen LogP contribution is 2.24. The number of nitriles is 1. The number of piperazine rings is 1. The number of hydrogen-bond donors (Lipinski definition) is 0. The topological polar surface area (TPSA) is 65.8 Å². The monoisotopic (exact) mass is 401 g/mol. The lowest BCUT2D eigenvalue weighted by Gasteiger charge is -2.37.